The van der Waals surface area contributed by atoms with Gasteiger partial charge in [-0.1, -0.05) is 41.0 Å². The highest BCUT2D eigenvalue weighted by Gasteiger charge is 2.13. The molecular formula is C20H34O2. The third-order valence-electron chi connectivity index (χ3n) is 3.90. The number of hydrogen-bond donors (Lipinski definition) is 2. The van der Waals surface area contributed by atoms with Crippen molar-refractivity contribution in [3.8, 4) is 0 Å². The van der Waals surface area contributed by atoms with Gasteiger partial charge in [-0.05, 0) is 66.2 Å². The molecule has 0 amide bonds. The lowest BCUT2D eigenvalue weighted by Gasteiger charge is -2.16. The summed E-state index contributed by atoms with van der Waals surface area (Å²) in [6.45, 7) is 11.9. The molecule has 2 heteroatoms. The van der Waals surface area contributed by atoms with Gasteiger partial charge in [0, 0.05) is 0 Å². The maximum absolute atomic E-state index is 9.85. The molecule has 0 spiro atoms. The molecule has 126 valence electrons. The fourth-order valence-electron chi connectivity index (χ4n) is 2.07. The second-order valence-electron chi connectivity index (χ2n) is 6.49. The first-order valence-electron chi connectivity index (χ1n) is 8.24. The molecule has 0 aromatic rings. The molecule has 0 radical (unpaired) electrons. The van der Waals surface area contributed by atoms with Gasteiger partial charge in [0.1, 0.15) is 0 Å². The molecule has 2 N–H and O–H groups in total. The third-order valence-corrected chi connectivity index (χ3v) is 3.90. The molecule has 1 atom stereocenters. The van der Waals surface area contributed by atoms with Crippen molar-refractivity contribution >= 4 is 0 Å². The molecule has 0 saturated heterocycles. The van der Waals surface area contributed by atoms with E-state index in [-0.39, 0.29) is 6.61 Å². The van der Waals surface area contributed by atoms with Crippen molar-refractivity contribution in [1.29, 1.82) is 0 Å². The number of aliphatic hydroxyl groups is 2. The summed E-state index contributed by atoms with van der Waals surface area (Å²) in [6.07, 6.45) is 14.0. The van der Waals surface area contributed by atoms with Crippen LogP contribution in [0.4, 0.5) is 0 Å². The molecule has 0 aromatic carbocycles. The number of allylic oxidation sites excluding steroid dienone is 5. The quantitative estimate of drug-likeness (QED) is 0.522. The number of rotatable bonds is 11. The first-order valence-corrected chi connectivity index (χ1v) is 8.24. The molecule has 0 saturated carbocycles. The zero-order valence-electron chi connectivity index (χ0n) is 14.9. The molecule has 0 fully saturated rings. The van der Waals surface area contributed by atoms with Crippen LogP contribution in [0, 0.1) is 0 Å². The van der Waals surface area contributed by atoms with Gasteiger partial charge in [0.25, 0.3) is 0 Å². The minimum absolute atomic E-state index is 0.158. The molecule has 0 heterocycles. The van der Waals surface area contributed by atoms with E-state index >= 15 is 0 Å². The van der Waals surface area contributed by atoms with Gasteiger partial charge < -0.3 is 10.2 Å². The van der Waals surface area contributed by atoms with Gasteiger partial charge in [0.2, 0.25) is 0 Å². The zero-order valence-corrected chi connectivity index (χ0v) is 14.9. The Hall–Kier alpha value is -1.12. The van der Waals surface area contributed by atoms with Gasteiger partial charge in [-0.15, -0.1) is 6.58 Å². The predicted octanol–water partition coefficient (Wildman–Crippen LogP) is 5.10. The molecule has 1 unspecified atom stereocenters. The van der Waals surface area contributed by atoms with E-state index in [9.17, 15) is 5.11 Å². The summed E-state index contributed by atoms with van der Waals surface area (Å²) < 4.78 is 0. The van der Waals surface area contributed by atoms with Crippen molar-refractivity contribution in [3.63, 3.8) is 0 Å². The molecule has 2 nitrogen and oxygen atoms in total. The second kappa shape index (κ2) is 11.4. The van der Waals surface area contributed by atoms with Crippen molar-refractivity contribution < 1.29 is 10.2 Å². The highest BCUT2D eigenvalue weighted by atomic mass is 16.3. The van der Waals surface area contributed by atoms with Crippen LogP contribution in [0.5, 0.6) is 0 Å². The van der Waals surface area contributed by atoms with E-state index in [1.54, 1.807) is 13.0 Å². The summed E-state index contributed by atoms with van der Waals surface area (Å²) in [7, 11) is 0. The van der Waals surface area contributed by atoms with E-state index in [2.05, 4.69) is 38.7 Å². The Morgan fingerprint density at radius 3 is 1.82 bits per heavy atom. The van der Waals surface area contributed by atoms with E-state index in [4.69, 9.17) is 5.11 Å². The van der Waals surface area contributed by atoms with Crippen LogP contribution >= 0.6 is 0 Å². The van der Waals surface area contributed by atoms with E-state index in [0.29, 0.717) is 0 Å². The molecule has 0 aromatic heterocycles. The first-order chi connectivity index (χ1) is 10.3. The maximum atomic E-state index is 9.85. The Balaban J connectivity index is 4.01. The lowest BCUT2D eigenvalue weighted by molar-refractivity contribution is 0.103. The van der Waals surface area contributed by atoms with E-state index in [0.717, 1.165) is 44.1 Å². The predicted molar refractivity (Wildman–Crippen MR) is 96.9 cm³/mol. The van der Waals surface area contributed by atoms with Crippen LogP contribution in [0.2, 0.25) is 0 Å². The summed E-state index contributed by atoms with van der Waals surface area (Å²) in [5, 5.41) is 18.8. The third kappa shape index (κ3) is 11.5. The Kier molecular flexibility index (Phi) is 10.9. The summed E-state index contributed by atoms with van der Waals surface area (Å²) in [5.41, 5.74) is 3.07. The van der Waals surface area contributed by atoms with Gasteiger partial charge in [0.05, 0.1) is 12.2 Å². The zero-order chi connectivity index (χ0) is 17.0. The Bertz CT molecular complexity index is 411. The van der Waals surface area contributed by atoms with Crippen molar-refractivity contribution in [2.75, 3.05) is 6.61 Å². The monoisotopic (exact) mass is 306 g/mol. The maximum Gasteiger partial charge on any atom is 0.0800 e. The van der Waals surface area contributed by atoms with E-state index in [1.807, 2.05) is 6.92 Å². The summed E-state index contributed by atoms with van der Waals surface area (Å²) in [4.78, 5) is 0. The minimum atomic E-state index is -0.756. The second-order valence-corrected chi connectivity index (χ2v) is 6.49. The van der Waals surface area contributed by atoms with Crippen LogP contribution in [-0.2, 0) is 0 Å². The highest BCUT2D eigenvalue weighted by Crippen LogP contribution is 2.16. The van der Waals surface area contributed by atoms with Gasteiger partial charge in [-0.25, -0.2) is 0 Å². The summed E-state index contributed by atoms with van der Waals surface area (Å²) >= 11 is 0. The van der Waals surface area contributed by atoms with E-state index < -0.39 is 5.60 Å². The summed E-state index contributed by atoms with van der Waals surface area (Å²) in [5.74, 6) is 0. The molecule has 0 rings (SSSR count). The van der Waals surface area contributed by atoms with Crippen molar-refractivity contribution in [3.05, 3.63) is 47.6 Å². The molecular weight excluding hydrogens is 272 g/mol. The Labute approximate surface area is 137 Å². The minimum Gasteiger partial charge on any atom is -0.392 e. The highest BCUT2D eigenvalue weighted by molar-refractivity contribution is 5.06. The van der Waals surface area contributed by atoms with Gasteiger partial charge >= 0.3 is 0 Å². The van der Waals surface area contributed by atoms with Gasteiger partial charge in [-0.3, -0.25) is 0 Å². The van der Waals surface area contributed by atoms with Crippen LogP contribution in [0.15, 0.2) is 47.6 Å². The molecule has 0 aliphatic rings. The van der Waals surface area contributed by atoms with Crippen molar-refractivity contribution in [1.82, 2.24) is 0 Å². The van der Waals surface area contributed by atoms with Crippen molar-refractivity contribution in [2.24, 2.45) is 0 Å². The van der Waals surface area contributed by atoms with Crippen LogP contribution in [0.3, 0.4) is 0 Å². The van der Waals surface area contributed by atoms with Crippen LogP contribution in [-0.4, -0.2) is 22.4 Å². The smallest absolute Gasteiger partial charge is 0.0800 e. The van der Waals surface area contributed by atoms with Crippen LogP contribution in [0.1, 0.15) is 66.2 Å². The Morgan fingerprint density at radius 1 is 0.909 bits per heavy atom. The molecule has 0 aliphatic carbocycles. The number of aliphatic hydroxyl groups excluding tert-OH is 1. The van der Waals surface area contributed by atoms with Crippen LogP contribution in [0.25, 0.3) is 0 Å². The fraction of sp³-hybridized carbons (Fsp3) is 0.600. The topological polar surface area (TPSA) is 40.5 Å². The largest absolute Gasteiger partial charge is 0.392 e. The van der Waals surface area contributed by atoms with Crippen molar-refractivity contribution in [2.45, 2.75) is 71.8 Å². The van der Waals surface area contributed by atoms with Gasteiger partial charge in [0.15, 0.2) is 0 Å². The van der Waals surface area contributed by atoms with Crippen LogP contribution < -0.4 is 0 Å². The lowest BCUT2D eigenvalue weighted by Crippen LogP contribution is -2.19. The standard InChI is InChI=1S/C20H34O2/c1-6-20(5,22)15-9-14-18(3)11-7-10-17(2)12-8-13-19(4)16-21/h6,10,13-14,21-22H,1,7-9,11-12,15-16H2,2-5H3. The van der Waals surface area contributed by atoms with E-state index in [1.165, 1.54) is 11.1 Å². The lowest BCUT2D eigenvalue weighted by atomic mass is 9.99. The summed E-state index contributed by atoms with van der Waals surface area (Å²) in [6, 6.07) is 0. The first kappa shape index (κ1) is 20.9. The molecule has 22 heavy (non-hydrogen) atoms. The average Bonchev–Trinajstić information content (AvgIpc) is 2.46. The fourth-order valence-corrected chi connectivity index (χ4v) is 2.07. The molecule has 0 aliphatic heterocycles. The SMILES string of the molecule is C=CC(C)(O)CCC=C(C)CCC=C(C)CCC=C(C)CO. The normalized spacial score (nSPS) is 16.5. The average molecular weight is 306 g/mol. The number of hydrogen-bond acceptors (Lipinski definition) is 2. The van der Waals surface area contributed by atoms with Gasteiger partial charge in [-0.2, -0.15) is 0 Å². The molecule has 0 bridgehead atoms. The Morgan fingerprint density at radius 2 is 1.36 bits per heavy atom.